The van der Waals surface area contributed by atoms with Crippen LogP contribution in [0.5, 0.6) is 5.75 Å². The van der Waals surface area contributed by atoms with Crippen molar-refractivity contribution in [1.29, 1.82) is 0 Å². The van der Waals surface area contributed by atoms with E-state index in [2.05, 4.69) is 25.8 Å². The molecule has 3 heteroatoms. The first kappa shape index (κ1) is 13.6. The second kappa shape index (κ2) is 6.74. The lowest BCUT2D eigenvalue weighted by molar-refractivity contribution is 0.476. The molecule has 0 aliphatic carbocycles. The van der Waals surface area contributed by atoms with Crippen LogP contribution in [0.3, 0.4) is 0 Å². The molecule has 5 rings (SSSR count). The van der Waals surface area contributed by atoms with Gasteiger partial charge in [-0.05, 0) is 58.5 Å². The molecule has 148 valence electrons. The van der Waals surface area contributed by atoms with E-state index in [4.69, 9.17) is 6.85 Å². The fourth-order valence-electron chi connectivity index (χ4n) is 3.81. The first-order valence-corrected chi connectivity index (χ1v) is 9.80. The number of aromatic hydroxyl groups is 1. The SMILES string of the molecule is [2H]c1c([2H])c([2H])c(-c2ccc3c(c2)c2ccc(O)cc2n3-c2cc(C(C)(C)C)ccn2)c([2H])c1[2H]. The molecule has 0 fully saturated rings. The predicted octanol–water partition coefficient (Wildman–Crippen LogP) is 6.85. The normalized spacial score (nSPS) is 14.3. The van der Waals surface area contributed by atoms with E-state index in [-0.39, 0.29) is 40.9 Å². The standard InChI is InChI=1S/C27H24N2O/c1-27(2,3)20-13-14-28-26(16-20)29-24-12-9-19(18-7-5-4-6-8-18)15-23(24)22-11-10-21(30)17-25(22)29/h4-17,30H,1-3H3/i4D,5D,6D,7D,8D. The van der Waals surface area contributed by atoms with Crippen LogP contribution in [0.1, 0.15) is 33.2 Å². The van der Waals surface area contributed by atoms with Crippen LogP contribution in [0, 0.1) is 0 Å². The van der Waals surface area contributed by atoms with Crippen LogP contribution in [0.2, 0.25) is 0 Å². The Labute approximate surface area is 183 Å². The van der Waals surface area contributed by atoms with Gasteiger partial charge in [-0.2, -0.15) is 0 Å². The van der Waals surface area contributed by atoms with Crippen molar-refractivity contribution >= 4 is 21.8 Å². The molecule has 0 aliphatic rings. The highest BCUT2D eigenvalue weighted by molar-refractivity contribution is 6.10. The van der Waals surface area contributed by atoms with Crippen LogP contribution in [0.15, 0.2) is 84.9 Å². The van der Waals surface area contributed by atoms with E-state index in [9.17, 15) is 5.11 Å². The zero-order valence-corrected chi connectivity index (χ0v) is 17.0. The fraction of sp³-hybridized carbons (Fsp3) is 0.148. The smallest absolute Gasteiger partial charge is 0.137 e. The van der Waals surface area contributed by atoms with E-state index in [1.807, 2.05) is 34.9 Å². The van der Waals surface area contributed by atoms with Gasteiger partial charge in [0.2, 0.25) is 0 Å². The minimum atomic E-state index is -0.415. The topological polar surface area (TPSA) is 38.0 Å². The quantitative estimate of drug-likeness (QED) is 0.354. The van der Waals surface area contributed by atoms with E-state index in [1.54, 1.807) is 24.4 Å². The van der Waals surface area contributed by atoms with E-state index < -0.39 is 6.04 Å². The number of phenols is 1. The predicted molar refractivity (Wildman–Crippen MR) is 124 cm³/mol. The average Bonchev–Trinajstić information content (AvgIpc) is 3.14. The maximum atomic E-state index is 10.3. The van der Waals surface area contributed by atoms with Crippen molar-refractivity contribution in [1.82, 2.24) is 9.55 Å². The average molecular weight is 398 g/mol. The molecule has 1 N–H and O–H groups in total. The van der Waals surface area contributed by atoms with Crippen molar-refractivity contribution in [2.45, 2.75) is 26.2 Å². The van der Waals surface area contributed by atoms with E-state index in [0.717, 1.165) is 27.4 Å². The largest absolute Gasteiger partial charge is 0.508 e. The van der Waals surface area contributed by atoms with Gasteiger partial charge < -0.3 is 5.11 Å². The summed E-state index contributed by atoms with van der Waals surface area (Å²) in [7, 11) is 0. The van der Waals surface area contributed by atoms with E-state index in [0.29, 0.717) is 11.4 Å². The Morgan fingerprint density at radius 3 is 2.40 bits per heavy atom. The summed E-state index contributed by atoms with van der Waals surface area (Å²) in [6.07, 6.45) is 1.78. The second-order valence-electron chi connectivity index (χ2n) is 8.42. The van der Waals surface area contributed by atoms with E-state index >= 15 is 0 Å². The van der Waals surface area contributed by atoms with Crippen molar-refractivity contribution in [3.63, 3.8) is 0 Å². The summed E-state index contributed by atoms with van der Waals surface area (Å²) in [6, 6.07) is 13.0. The highest BCUT2D eigenvalue weighted by Gasteiger charge is 2.18. The molecule has 2 aromatic heterocycles. The summed E-state index contributed by atoms with van der Waals surface area (Å²) in [4.78, 5) is 4.62. The molecule has 30 heavy (non-hydrogen) atoms. The van der Waals surface area contributed by atoms with Crippen LogP contribution in [-0.2, 0) is 5.41 Å². The molecule has 5 aromatic rings. The Morgan fingerprint density at radius 2 is 1.63 bits per heavy atom. The van der Waals surface area contributed by atoms with Gasteiger partial charge in [-0.25, -0.2) is 4.98 Å². The number of aromatic nitrogens is 2. The number of phenolic OH excluding ortho intramolecular Hbond substituents is 1. The third-order valence-corrected chi connectivity index (χ3v) is 5.38. The fourth-order valence-corrected chi connectivity index (χ4v) is 3.81. The van der Waals surface area contributed by atoms with Gasteiger partial charge in [0.05, 0.1) is 17.9 Å². The summed E-state index contributed by atoms with van der Waals surface area (Å²) >= 11 is 0. The minimum Gasteiger partial charge on any atom is -0.508 e. The van der Waals surface area contributed by atoms with Gasteiger partial charge in [-0.15, -0.1) is 0 Å². The first-order chi connectivity index (χ1) is 16.5. The molecule has 0 radical (unpaired) electrons. The summed E-state index contributed by atoms with van der Waals surface area (Å²) in [5, 5.41) is 11.9. The van der Waals surface area contributed by atoms with Crippen molar-refractivity contribution in [3.05, 3.63) is 90.5 Å². The van der Waals surface area contributed by atoms with Gasteiger partial charge in [0, 0.05) is 23.0 Å². The minimum absolute atomic E-state index is 0.0766. The molecule has 3 aromatic carbocycles. The second-order valence-corrected chi connectivity index (χ2v) is 8.42. The maximum Gasteiger partial charge on any atom is 0.137 e. The third-order valence-electron chi connectivity index (χ3n) is 5.38. The number of nitrogens with zero attached hydrogens (tertiary/aromatic N) is 2. The van der Waals surface area contributed by atoms with Crippen molar-refractivity contribution in [3.8, 4) is 22.7 Å². The van der Waals surface area contributed by atoms with Gasteiger partial charge in [-0.1, -0.05) is 57.0 Å². The number of hydrogen-bond acceptors (Lipinski definition) is 2. The number of fused-ring (bicyclic) bond motifs is 3. The van der Waals surface area contributed by atoms with Crippen LogP contribution < -0.4 is 0 Å². The molecule has 0 bridgehead atoms. The van der Waals surface area contributed by atoms with Crippen LogP contribution >= 0.6 is 0 Å². The molecular formula is C27H24N2O. The lowest BCUT2D eigenvalue weighted by Crippen LogP contribution is -2.12. The molecule has 0 saturated carbocycles. The summed E-state index contributed by atoms with van der Waals surface area (Å²) in [5.74, 6) is 0.831. The van der Waals surface area contributed by atoms with Crippen molar-refractivity contribution in [2.75, 3.05) is 0 Å². The Bertz CT molecular complexity index is 1620. The number of rotatable bonds is 2. The Kier molecular flexibility index (Phi) is 3.05. The molecule has 2 heterocycles. The van der Waals surface area contributed by atoms with Gasteiger partial charge in [0.15, 0.2) is 0 Å². The number of pyridine rings is 1. The summed E-state index contributed by atoms with van der Waals surface area (Å²) in [6.45, 7) is 6.41. The first-order valence-electron chi connectivity index (χ1n) is 12.3. The number of hydrogen-bond donors (Lipinski definition) is 1. The molecule has 0 saturated heterocycles. The lowest BCUT2D eigenvalue weighted by atomic mass is 9.88. The van der Waals surface area contributed by atoms with Gasteiger partial charge >= 0.3 is 0 Å². The molecule has 0 unspecified atom stereocenters. The molecule has 0 atom stereocenters. The molecule has 3 nitrogen and oxygen atoms in total. The molecule has 0 aliphatic heterocycles. The van der Waals surface area contributed by atoms with Gasteiger partial charge in [0.25, 0.3) is 0 Å². The Morgan fingerprint density at radius 1 is 0.833 bits per heavy atom. The number of benzene rings is 3. The van der Waals surface area contributed by atoms with Gasteiger partial charge in [0.1, 0.15) is 11.6 Å². The van der Waals surface area contributed by atoms with Gasteiger partial charge in [-0.3, -0.25) is 4.57 Å². The summed E-state index contributed by atoms with van der Waals surface area (Å²) < 4.78 is 42.7. The Hall–Kier alpha value is -3.59. The van der Waals surface area contributed by atoms with Crippen LogP contribution in [0.25, 0.3) is 38.8 Å². The summed E-state index contributed by atoms with van der Waals surface area (Å²) in [5.41, 5.74) is 3.32. The monoisotopic (exact) mass is 397 g/mol. The zero-order chi connectivity index (χ0) is 25.2. The molecular weight excluding hydrogens is 368 g/mol. The highest BCUT2D eigenvalue weighted by Crippen LogP contribution is 2.36. The van der Waals surface area contributed by atoms with E-state index in [1.165, 1.54) is 0 Å². The molecule has 0 spiro atoms. The molecule has 0 amide bonds. The zero-order valence-electron chi connectivity index (χ0n) is 22.0. The lowest BCUT2D eigenvalue weighted by Gasteiger charge is -2.20. The maximum absolute atomic E-state index is 10.3. The van der Waals surface area contributed by atoms with Crippen molar-refractivity contribution in [2.24, 2.45) is 0 Å². The van der Waals surface area contributed by atoms with Crippen LogP contribution in [-0.4, -0.2) is 14.7 Å². The Balaban J connectivity index is 1.84. The van der Waals surface area contributed by atoms with Crippen molar-refractivity contribution < 1.29 is 12.0 Å². The third kappa shape index (κ3) is 3.03. The van der Waals surface area contributed by atoms with Crippen LogP contribution in [0.4, 0.5) is 0 Å². The highest BCUT2D eigenvalue weighted by atomic mass is 16.3.